The van der Waals surface area contributed by atoms with Crippen molar-refractivity contribution in [3.63, 3.8) is 0 Å². The van der Waals surface area contributed by atoms with Crippen molar-refractivity contribution < 1.29 is 4.74 Å². The highest BCUT2D eigenvalue weighted by atomic mass is 16.5. The maximum Gasteiger partial charge on any atom is 0.118 e. The van der Waals surface area contributed by atoms with Gasteiger partial charge >= 0.3 is 0 Å². The number of pyridine rings is 1. The number of aromatic nitrogens is 1. The van der Waals surface area contributed by atoms with Gasteiger partial charge in [0.15, 0.2) is 0 Å². The van der Waals surface area contributed by atoms with E-state index in [4.69, 9.17) is 4.74 Å². The zero-order valence-corrected chi connectivity index (χ0v) is 14.4. The Balaban J connectivity index is 1.47. The highest BCUT2D eigenvalue weighted by molar-refractivity contribution is 5.62. The highest BCUT2D eigenvalue weighted by Crippen LogP contribution is 2.34. The lowest BCUT2D eigenvalue weighted by Crippen LogP contribution is -2.59. The number of piperidine rings is 3. The summed E-state index contributed by atoms with van der Waals surface area (Å²) in [4.78, 5) is 7.25. The van der Waals surface area contributed by atoms with Gasteiger partial charge in [0, 0.05) is 17.6 Å². The van der Waals surface area contributed by atoms with E-state index in [1.54, 1.807) is 7.11 Å². The number of anilines is 1. The van der Waals surface area contributed by atoms with E-state index in [1.807, 2.05) is 30.5 Å². The molecule has 3 aliphatic rings. The summed E-state index contributed by atoms with van der Waals surface area (Å²) in [6, 6.07) is 13.4. The van der Waals surface area contributed by atoms with Crippen molar-refractivity contribution in [2.45, 2.75) is 31.8 Å². The van der Waals surface area contributed by atoms with Crippen LogP contribution in [-0.2, 0) is 0 Å². The molecule has 0 aliphatic carbocycles. The molecule has 2 bridgehead atoms. The summed E-state index contributed by atoms with van der Waals surface area (Å²) in [5.41, 5.74) is 3.22. The van der Waals surface area contributed by atoms with E-state index in [0.29, 0.717) is 12.1 Å². The average Bonchev–Trinajstić information content (AvgIpc) is 2.66. The molecule has 2 aromatic rings. The maximum absolute atomic E-state index is 5.21. The second-order valence-corrected chi connectivity index (χ2v) is 6.94. The third kappa shape index (κ3) is 2.86. The van der Waals surface area contributed by atoms with Crippen LogP contribution in [0.25, 0.3) is 11.3 Å². The fourth-order valence-corrected chi connectivity index (χ4v) is 4.15. The molecule has 0 radical (unpaired) electrons. The van der Waals surface area contributed by atoms with Crippen molar-refractivity contribution in [3.8, 4) is 17.0 Å². The molecule has 2 unspecified atom stereocenters. The summed E-state index contributed by atoms with van der Waals surface area (Å²) in [5.74, 6) is 1.67. The second-order valence-electron chi connectivity index (χ2n) is 6.94. The lowest BCUT2D eigenvalue weighted by Gasteiger charge is -2.50. The van der Waals surface area contributed by atoms with Gasteiger partial charge in [-0.05, 0) is 75.2 Å². The van der Waals surface area contributed by atoms with E-state index in [0.717, 1.165) is 28.6 Å². The van der Waals surface area contributed by atoms with Gasteiger partial charge in [-0.3, -0.25) is 9.88 Å². The zero-order chi connectivity index (χ0) is 16.5. The molecule has 3 aliphatic heterocycles. The van der Waals surface area contributed by atoms with Crippen LogP contribution in [0.2, 0.25) is 0 Å². The Bertz CT molecular complexity index is 673. The molecule has 4 nitrogen and oxygen atoms in total. The topological polar surface area (TPSA) is 37.4 Å². The van der Waals surface area contributed by atoms with Gasteiger partial charge in [-0.2, -0.15) is 0 Å². The Kier molecular flexibility index (Phi) is 4.15. The van der Waals surface area contributed by atoms with Crippen LogP contribution >= 0.6 is 0 Å². The number of fused-ring (bicyclic) bond motifs is 3. The predicted molar refractivity (Wildman–Crippen MR) is 97.4 cm³/mol. The minimum Gasteiger partial charge on any atom is -0.497 e. The standard InChI is InChI=1S/C20H25N3O/c1-14-20(16-9-11-23(14)12-10-16)22-17-5-8-19(21-13-17)15-3-6-18(24-2)7-4-15/h3-8,13-14,16,20,22H,9-12H2,1-2H3. The zero-order valence-electron chi connectivity index (χ0n) is 14.4. The SMILES string of the molecule is COc1ccc(-c2ccc(NC3C4CCN(CC4)C3C)cn2)cc1. The first kappa shape index (κ1) is 15.5. The van der Waals surface area contributed by atoms with Crippen molar-refractivity contribution in [3.05, 3.63) is 42.6 Å². The molecule has 5 rings (SSSR count). The van der Waals surface area contributed by atoms with Crippen molar-refractivity contribution in [2.75, 3.05) is 25.5 Å². The van der Waals surface area contributed by atoms with Gasteiger partial charge in [-0.25, -0.2) is 0 Å². The Morgan fingerprint density at radius 2 is 1.83 bits per heavy atom. The minimum absolute atomic E-state index is 0.543. The van der Waals surface area contributed by atoms with Crippen LogP contribution in [-0.4, -0.2) is 42.2 Å². The molecule has 2 atom stereocenters. The van der Waals surface area contributed by atoms with Crippen LogP contribution in [0.3, 0.4) is 0 Å². The molecular weight excluding hydrogens is 298 g/mol. The van der Waals surface area contributed by atoms with Crippen LogP contribution in [0, 0.1) is 5.92 Å². The summed E-state index contributed by atoms with van der Waals surface area (Å²) in [7, 11) is 1.68. The molecule has 0 saturated carbocycles. The van der Waals surface area contributed by atoms with Crippen LogP contribution in [0.15, 0.2) is 42.6 Å². The summed E-state index contributed by atoms with van der Waals surface area (Å²) in [5, 5.41) is 3.73. The molecule has 24 heavy (non-hydrogen) atoms. The smallest absolute Gasteiger partial charge is 0.118 e. The van der Waals surface area contributed by atoms with Gasteiger partial charge in [-0.1, -0.05) is 0 Å². The van der Waals surface area contributed by atoms with Gasteiger partial charge in [0.05, 0.1) is 24.7 Å². The van der Waals surface area contributed by atoms with E-state index in [1.165, 1.54) is 25.9 Å². The molecule has 1 aromatic heterocycles. The highest BCUT2D eigenvalue weighted by Gasteiger charge is 2.39. The Labute approximate surface area is 143 Å². The van der Waals surface area contributed by atoms with Crippen LogP contribution in [0.4, 0.5) is 5.69 Å². The van der Waals surface area contributed by atoms with Crippen LogP contribution in [0.1, 0.15) is 19.8 Å². The monoisotopic (exact) mass is 323 g/mol. The molecule has 3 fully saturated rings. The second kappa shape index (κ2) is 6.44. The largest absolute Gasteiger partial charge is 0.497 e. The first-order valence-electron chi connectivity index (χ1n) is 8.85. The number of hydrogen-bond donors (Lipinski definition) is 1. The summed E-state index contributed by atoms with van der Waals surface area (Å²) in [6.45, 7) is 4.87. The number of rotatable bonds is 4. The van der Waals surface area contributed by atoms with Gasteiger partial charge < -0.3 is 10.1 Å². The van der Waals surface area contributed by atoms with E-state index < -0.39 is 0 Å². The number of nitrogens with one attached hydrogen (secondary N) is 1. The number of nitrogens with zero attached hydrogens (tertiary/aromatic N) is 2. The number of hydrogen-bond acceptors (Lipinski definition) is 4. The van der Waals surface area contributed by atoms with Crippen molar-refractivity contribution in [1.29, 1.82) is 0 Å². The average molecular weight is 323 g/mol. The first-order valence-corrected chi connectivity index (χ1v) is 8.85. The molecule has 0 amide bonds. The summed E-state index contributed by atoms with van der Waals surface area (Å²) < 4.78 is 5.21. The quantitative estimate of drug-likeness (QED) is 0.932. The van der Waals surface area contributed by atoms with E-state index in [-0.39, 0.29) is 0 Å². The van der Waals surface area contributed by atoms with Crippen molar-refractivity contribution in [2.24, 2.45) is 5.92 Å². The third-order valence-corrected chi connectivity index (χ3v) is 5.66. The van der Waals surface area contributed by atoms with Gasteiger partial charge in [-0.15, -0.1) is 0 Å². The molecule has 3 saturated heterocycles. The number of benzene rings is 1. The van der Waals surface area contributed by atoms with Gasteiger partial charge in [0.2, 0.25) is 0 Å². The van der Waals surface area contributed by atoms with Crippen molar-refractivity contribution in [1.82, 2.24) is 9.88 Å². The Hall–Kier alpha value is -2.07. The lowest BCUT2D eigenvalue weighted by atomic mass is 9.79. The summed E-state index contributed by atoms with van der Waals surface area (Å²) >= 11 is 0. The third-order valence-electron chi connectivity index (χ3n) is 5.66. The lowest BCUT2D eigenvalue weighted by molar-refractivity contribution is 0.0458. The molecule has 0 spiro atoms. The van der Waals surface area contributed by atoms with Crippen molar-refractivity contribution >= 4 is 5.69 Å². The molecule has 1 N–H and O–H groups in total. The maximum atomic E-state index is 5.21. The predicted octanol–water partition coefficient (Wildman–Crippen LogP) is 3.65. The first-order chi connectivity index (χ1) is 11.7. The fraction of sp³-hybridized carbons (Fsp3) is 0.450. The van der Waals surface area contributed by atoms with Gasteiger partial charge in [0.1, 0.15) is 5.75 Å². The molecule has 4 heterocycles. The number of ether oxygens (including phenoxy) is 1. The Morgan fingerprint density at radius 3 is 2.42 bits per heavy atom. The molecule has 4 heteroatoms. The molecule has 126 valence electrons. The van der Waals surface area contributed by atoms with Gasteiger partial charge in [0.25, 0.3) is 0 Å². The molecular formula is C20H25N3O. The van der Waals surface area contributed by atoms with E-state index >= 15 is 0 Å². The van der Waals surface area contributed by atoms with E-state index in [2.05, 4.69) is 34.3 Å². The van der Waals surface area contributed by atoms with Crippen LogP contribution < -0.4 is 10.1 Å². The van der Waals surface area contributed by atoms with Crippen LogP contribution in [0.5, 0.6) is 5.75 Å². The normalized spacial score (nSPS) is 28.6. The minimum atomic E-state index is 0.543. The summed E-state index contributed by atoms with van der Waals surface area (Å²) in [6.07, 6.45) is 4.60. The fourth-order valence-electron chi connectivity index (χ4n) is 4.15. The number of methoxy groups -OCH3 is 1. The molecule has 1 aromatic carbocycles. The Morgan fingerprint density at radius 1 is 1.08 bits per heavy atom. The van der Waals surface area contributed by atoms with E-state index in [9.17, 15) is 0 Å².